The van der Waals surface area contributed by atoms with Gasteiger partial charge < -0.3 is 9.64 Å². The Morgan fingerprint density at radius 3 is 2.61 bits per heavy atom. The summed E-state index contributed by atoms with van der Waals surface area (Å²) in [5.41, 5.74) is 0.890. The minimum atomic E-state index is -0.291. The van der Waals surface area contributed by atoms with Crippen molar-refractivity contribution in [2.75, 3.05) is 19.7 Å². The minimum Gasteiger partial charge on any atom is -0.372 e. The third-order valence-electron chi connectivity index (χ3n) is 2.97. The third-order valence-corrected chi connectivity index (χ3v) is 2.97. The number of carbonyl (C=O) groups is 1. The Kier molecular flexibility index (Phi) is 3.35. The first-order valence-electron chi connectivity index (χ1n) is 5.95. The van der Waals surface area contributed by atoms with E-state index in [-0.39, 0.29) is 11.5 Å². The molecule has 0 spiro atoms. The molecule has 4 heteroatoms. The quantitative estimate of drug-likeness (QED) is 0.757. The fourth-order valence-electron chi connectivity index (χ4n) is 2.06. The highest BCUT2D eigenvalue weighted by Crippen LogP contribution is 2.18. The van der Waals surface area contributed by atoms with Crippen LogP contribution < -0.4 is 0 Å². The van der Waals surface area contributed by atoms with Crippen LogP contribution in [0.3, 0.4) is 0 Å². The van der Waals surface area contributed by atoms with Gasteiger partial charge in [-0.15, -0.1) is 0 Å². The van der Waals surface area contributed by atoms with Gasteiger partial charge in [0.15, 0.2) is 0 Å². The SMILES string of the molecule is CC1(C)CN(C(=O)c2ccc(C#N)cc2)CCO1. The number of hydrogen-bond donors (Lipinski definition) is 0. The van der Waals surface area contributed by atoms with Crippen LogP contribution in [0.1, 0.15) is 29.8 Å². The number of morpholine rings is 1. The molecule has 94 valence electrons. The number of nitriles is 1. The molecule has 0 saturated carbocycles. The van der Waals surface area contributed by atoms with E-state index in [1.54, 1.807) is 29.2 Å². The summed E-state index contributed by atoms with van der Waals surface area (Å²) >= 11 is 0. The molecular formula is C14H16N2O2. The lowest BCUT2D eigenvalue weighted by Crippen LogP contribution is -2.50. The van der Waals surface area contributed by atoms with Gasteiger partial charge in [-0.1, -0.05) is 0 Å². The monoisotopic (exact) mass is 244 g/mol. The molecule has 0 N–H and O–H groups in total. The van der Waals surface area contributed by atoms with E-state index < -0.39 is 0 Å². The number of benzene rings is 1. The van der Waals surface area contributed by atoms with Crippen LogP contribution in [0.15, 0.2) is 24.3 Å². The Balaban J connectivity index is 2.13. The predicted molar refractivity (Wildman–Crippen MR) is 67.1 cm³/mol. The van der Waals surface area contributed by atoms with Crippen molar-refractivity contribution in [2.45, 2.75) is 19.4 Å². The normalized spacial score (nSPS) is 18.2. The van der Waals surface area contributed by atoms with Gasteiger partial charge in [0.25, 0.3) is 5.91 Å². The van der Waals surface area contributed by atoms with Crippen LogP contribution in [-0.2, 0) is 4.74 Å². The number of ether oxygens (including phenoxy) is 1. The van der Waals surface area contributed by atoms with Gasteiger partial charge in [-0.05, 0) is 38.1 Å². The molecule has 0 bridgehead atoms. The summed E-state index contributed by atoms with van der Waals surface area (Å²) in [7, 11) is 0. The van der Waals surface area contributed by atoms with Crippen LogP contribution >= 0.6 is 0 Å². The van der Waals surface area contributed by atoms with E-state index in [9.17, 15) is 4.79 Å². The number of carbonyl (C=O) groups excluding carboxylic acids is 1. The van der Waals surface area contributed by atoms with Crippen LogP contribution in [-0.4, -0.2) is 36.1 Å². The molecule has 1 heterocycles. The van der Waals surface area contributed by atoms with Crippen LogP contribution in [0.25, 0.3) is 0 Å². The Morgan fingerprint density at radius 2 is 2.06 bits per heavy atom. The molecule has 1 amide bonds. The van der Waals surface area contributed by atoms with Gasteiger partial charge in [0.05, 0.1) is 23.8 Å². The maximum Gasteiger partial charge on any atom is 0.254 e. The first-order valence-corrected chi connectivity index (χ1v) is 5.95. The predicted octanol–water partition coefficient (Wildman–Crippen LogP) is 1.81. The van der Waals surface area contributed by atoms with Crippen molar-refractivity contribution in [3.05, 3.63) is 35.4 Å². The van der Waals surface area contributed by atoms with E-state index in [0.29, 0.717) is 30.8 Å². The van der Waals surface area contributed by atoms with Crippen LogP contribution in [0.2, 0.25) is 0 Å². The first kappa shape index (κ1) is 12.6. The Morgan fingerprint density at radius 1 is 1.39 bits per heavy atom. The molecule has 1 aliphatic rings. The summed E-state index contributed by atoms with van der Waals surface area (Å²) < 4.78 is 5.58. The molecule has 1 saturated heterocycles. The topological polar surface area (TPSA) is 53.3 Å². The zero-order valence-electron chi connectivity index (χ0n) is 10.6. The fourth-order valence-corrected chi connectivity index (χ4v) is 2.06. The van der Waals surface area contributed by atoms with Gasteiger partial charge in [0.2, 0.25) is 0 Å². The first-order chi connectivity index (χ1) is 8.52. The van der Waals surface area contributed by atoms with Crippen LogP contribution in [0.5, 0.6) is 0 Å². The highest BCUT2D eigenvalue weighted by Gasteiger charge is 2.30. The van der Waals surface area contributed by atoms with E-state index in [0.717, 1.165) is 0 Å². The molecule has 0 aromatic heterocycles. The summed E-state index contributed by atoms with van der Waals surface area (Å²) in [6, 6.07) is 8.77. The molecule has 1 aromatic carbocycles. The summed E-state index contributed by atoms with van der Waals surface area (Å²) in [5, 5.41) is 8.72. The molecule has 0 aliphatic carbocycles. The zero-order valence-corrected chi connectivity index (χ0v) is 10.6. The maximum atomic E-state index is 12.3. The molecule has 0 unspecified atom stereocenters. The summed E-state index contributed by atoms with van der Waals surface area (Å²) in [6.45, 7) is 5.72. The average molecular weight is 244 g/mol. The van der Waals surface area contributed by atoms with Crippen molar-refractivity contribution < 1.29 is 9.53 Å². The lowest BCUT2D eigenvalue weighted by atomic mass is 10.1. The molecule has 18 heavy (non-hydrogen) atoms. The van der Waals surface area contributed by atoms with E-state index >= 15 is 0 Å². The Labute approximate surface area is 107 Å². The molecular weight excluding hydrogens is 228 g/mol. The number of rotatable bonds is 1. The van der Waals surface area contributed by atoms with Gasteiger partial charge in [-0.25, -0.2) is 0 Å². The van der Waals surface area contributed by atoms with Crippen molar-refractivity contribution in [1.29, 1.82) is 5.26 Å². The molecule has 1 aromatic rings. The molecule has 4 nitrogen and oxygen atoms in total. The third kappa shape index (κ3) is 2.69. The standard InChI is InChI=1S/C14H16N2O2/c1-14(2)10-16(7-8-18-14)13(17)12-5-3-11(9-15)4-6-12/h3-6H,7-8,10H2,1-2H3. The van der Waals surface area contributed by atoms with E-state index in [1.165, 1.54) is 0 Å². The van der Waals surface area contributed by atoms with Gasteiger partial charge >= 0.3 is 0 Å². The van der Waals surface area contributed by atoms with Gasteiger partial charge in [-0.3, -0.25) is 4.79 Å². The van der Waals surface area contributed by atoms with Crippen molar-refractivity contribution >= 4 is 5.91 Å². The molecule has 1 aliphatic heterocycles. The van der Waals surface area contributed by atoms with E-state index in [4.69, 9.17) is 10.00 Å². The lowest BCUT2D eigenvalue weighted by molar-refractivity contribution is -0.0764. The van der Waals surface area contributed by atoms with Gasteiger partial charge in [0.1, 0.15) is 0 Å². The Bertz CT molecular complexity index is 486. The van der Waals surface area contributed by atoms with E-state index in [2.05, 4.69) is 0 Å². The van der Waals surface area contributed by atoms with Crippen LogP contribution in [0, 0.1) is 11.3 Å². The lowest BCUT2D eigenvalue weighted by Gasteiger charge is -2.38. The Hall–Kier alpha value is -1.86. The second-order valence-electron chi connectivity index (χ2n) is 5.02. The average Bonchev–Trinajstić information content (AvgIpc) is 2.37. The molecule has 1 fully saturated rings. The van der Waals surface area contributed by atoms with Crippen molar-refractivity contribution in [3.8, 4) is 6.07 Å². The molecule has 0 radical (unpaired) electrons. The van der Waals surface area contributed by atoms with Crippen LogP contribution in [0.4, 0.5) is 0 Å². The number of nitrogens with zero attached hydrogens (tertiary/aromatic N) is 2. The summed E-state index contributed by atoms with van der Waals surface area (Å²) in [5.74, 6) is -0.00383. The second-order valence-corrected chi connectivity index (χ2v) is 5.02. The molecule has 0 atom stereocenters. The van der Waals surface area contributed by atoms with Crippen molar-refractivity contribution in [1.82, 2.24) is 4.90 Å². The zero-order chi connectivity index (χ0) is 13.2. The van der Waals surface area contributed by atoms with Gasteiger partial charge in [0, 0.05) is 18.7 Å². The van der Waals surface area contributed by atoms with Crippen molar-refractivity contribution in [3.63, 3.8) is 0 Å². The summed E-state index contributed by atoms with van der Waals surface area (Å²) in [6.07, 6.45) is 0. The highest BCUT2D eigenvalue weighted by atomic mass is 16.5. The summed E-state index contributed by atoms with van der Waals surface area (Å²) in [4.78, 5) is 14.1. The smallest absolute Gasteiger partial charge is 0.254 e. The maximum absolute atomic E-state index is 12.3. The fraction of sp³-hybridized carbons (Fsp3) is 0.429. The van der Waals surface area contributed by atoms with Gasteiger partial charge in [-0.2, -0.15) is 5.26 Å². The largest absolute Gasteiger partial charge is 0.372 e. The number of hydrogen-bond acceptors (Lipinski definition) is 3. The van der Waals surface area contributed by atoms with Crippen molar-refractivity contribution in [2.24, 2.45) is 0 Å². The van der Waals surface area contributed by atoms with E-state index in [1.807, 2.05) is 19.9 Å². The highest BCUT2D eigenvalue weighted by molar-refractivity contribution is 5.94. The number of amides is 1. The molecule has 2 rings (SSSR count). The second kappa shape index (κ2) is 4.79. The minimum absolute atomic E-state index is 0.00383.